The first-order valence-electron chi connectivity index (χ1n) is 9.44. The van der Waals surface area contributed by atoms with Crippen molar-refractivity contribution in [2.24, 2.45) is 0 Å². The van der Waals surface area contributed by atoms with Crippen molar-refractivity contribution in [3.8, 4) is 0 Å². The van der Waals surface area contributed by atoms with Gasteiger partial charge in [-0.3, -0.25) is 9.78 Å². The predicted molar refractivity (Wildman–Crippen MR) is 118 cm³/mol. The molecule has 0 aliphatic heterocycles. The molecule has 29 heavy (non-hydrogen) atoms. The van der Waals surface area contributed by atoms with Crippen LogP contribution in [0.1, 0.15) is 23.1 Å². The minimum atomic E-state index is -0.302. The standard InChI is InChI=1S/C23H22N4OS/c1-29-16-21-25-18-11-5-6-13-20(18)27(21)15-22(28)26-23(17-9-3-2-4-10-17)19-12-7-8-14-24-19/h2-14,23H,15-16H2,1H3,(H,26,28). The molecule has 4 aromatic rings. The van der Waals surface area contributed by atoms with E-state index in [2.05, 4.69) is 10.3 Å². The molecule has 0 radical (unpaired) electrons. The maximum absolute atomic E-state index is 13.1. The number of fused-ring (bicyclic) bond motifs is 1. The summed E-state index contributed by atoms with van der Waals surface area (Å²) in [4.78, 5) is 22.2. The fourth-order valence-electron chi connectivity index (χ4n) is 3.41. The van der Waals surface area contributed by atoms with Gasteiger partial charge in [0.05, 0.1) is 28.5 Å². The number of carbonyl (C=O) groups is 1. The molecule has 0 aliphatic carbocycles. The third-order valence-electron chi connectivity index (χ3n) is 4.73. The lowest BCUT2D eigenvalue weighted by atomic mass is 10.0. The Bertz CT molecular complexity index is 1060. The fourth-order valence-corrected chi connectivity index (χ4v) is 3.89. The van der Waals surface area contributed by atoms with E-state index in [9.17, 15) is 4.79 Å². The Morgan fingerprint density at radius 1 is 1.03 bits per heavy atom. The van der Waals surface area contributed by atoms with Crippen LogP contribution in [0.25, 0.3) is 11.0 Å². The lowest BCUT2D eigenvalue weighted by molar-refractivity contribution is -0.122. The van der Waals surface area contributed by atoms with E-state index >= 15 is 0 Å². The minimum absolute atomic E-state index is 0.0741. The second-order valence-corrected chi connectivity index (χ2v) is 7.57. The second-order valence-electron chi connectivity index (χ2n) is 6.70. The van der Waals surface area contributed by atoms with Gasteiger partial charge in [0.2, 0.25) is 5.91 Å². The lowest BCUT2D eigenvalue weighted by Gasteiger charge is -2.19. The first kappa shape index (κ1) is 19.2. The van der Waals surface area contributed by atoms with Gasteiger partial charge in [-0.2, -0.15) is 11.8 Å². The number of amides is 1. The van der Waals surface area contributed by atoms with Crippen LogP contribution in [-0.4, -0.2) is 26.7 Å². The Kier molecular flexibility index (Phi) is 5.91. The van der Waals surface area contributed by atoms with Gasteiger partial charge in [0, 0.05) is 6.20 Å². The van der Waals surface area contributed by atoms with Gasteiger partial charge in [0.1, 0.15) is 12.4 Å². The highest BCUT2D eigenvalue weighted by atomic mass is 32.2. The first-order chi connectivity index (χ1) is 14.3. The van der Waals surface area contributed by atoms with Gasteiger partial charge in [0.15, 0.2) is 0 Å². The van der Waals surface area contributed by atoms with Crippen LogP contribution in [0.2, 0.25) is 0 Å². The molecule has 0 aliphatic rings. The minimum Gasteiger partial charge on any atom is -0.342 e. The second kappa shape index (κ2) is 8.92. The first-order valence-corrected chi connectivity index (χ1v) is 10.8. The fraction of sp³-hybridized carbons (Fsp3) is 0.174. The Labute approximate surface area is 174 Å². The number of imidazole rings is 1. The monoisotopic (exact) mass is 402 g/mol. The summed E-state index contributed by atoms with van der Waals surface area (Å²) in [5, 5.41) is 3.17. The van der Waals surface area contributed by atoms with E-state index in [1.165, 1.54) is 0 Å². The molecule has 146 valence electrons. The zero-order valence-corrected chi connectivity index (χ0v) is 17.0. The van der Waals surface area contributed by atoms with Gasteiger partial charge in [-0.25, -0.2) is 4.98 Å². The zero-order chi connectivity index (χ0) is 20.1. The Morgan fingerprint density at radius 3 is 2.55 bits per heavy atom. The van der Waals surface area contributed by atoms with E-state index in [1.54, 1.807) is 18.0 Å². The third kappa shape index (κ3) is 4.32. The summed E-state index contributed by atoms with van der Waals surface area (Å²) in [7, 11) is 0. The number of hydrogen-bond donors (Lipinski definition) is 1. The number of para-hydroxylation sites is 2. The molecule has 5 nitrogen and oxygen atoms in total. The maximum Gasteiger partial charge on any atom is 0.240 e. The van der Waals surface area contributed by atoms with Crippen LogP contribution in [0.3, 0.4) is 0 Å². The van der Waals surface area contributed by atoms with E-state index in [1.807, 2.05) is 83.6 Å². The van der Waals surface area contributed by atoms with Crippen LogP contribution in [0.5, 0.6) is 0 Å². The van der Waals surface area contributed by atoms with Crippen molar-refractivity contribution in [1.82, 2.24) is 19.9 Å². The van der Waals surface area contributed by atoms with Crippen LogP contribution >= 0.6 is 11.8 Å². The van der Waals surface area contributed by atoms with E-state index < -0.39 is 0 Å². The van der Waals surface area contributed by atoms with Crippen LogP contribution in [0.15, 0.2) is 79.0 Å². The molecule has 2 aromatic heterocycles. The Hall–Kier alpha value is -3.12. The summed E-state index contributed by atoms with van der Waals surface area (Å²) in [6.07, 6.45) is 3.79. The summed E-state index contributed by atoms with van der Waals surface area (Å²) in [6.45, 7) is 0.215. The van der Waals surface area contributed by atoms with Crippen molar-refractivity contribution >= 4 is 28.7 Å². The molecular weight excluding hydrogens is 380 g/mol. The molecular formula is C23H22N4OS. The van der Waals surface area contributed by atoms with Crippen molar-refractivity contribution in [3.63, 3.8) is 0 Å². The molecule has 1 unspecified atom stereocenters. The average molecular weight is 403 g/mol. The van der Waals surface area contributed by atoms with Crippen LogP contribution < -0.4 is 5.32 Å². The topological polar surface area (TPSA) is 59.8 Å². The smallest absolute Gasteiger partial charge is 0.240 e. The molecule has 1 N–H and O–H groups in total. The summed E-state index contributed by atoms with van der Waals surface area (Å²) >= 11 is 1.69. The molecule has 1 atom stereocenters. The summed E-state index contributed by atoms with van der Waals surface area (Å²) < 4.78 is 2.00. The molecule has 0 bridgehead atoms. The predicted octanol–water partition coefficient (Wildman–Crippen LogP) is 4.20. The van der Waals surface area contributed by atoms with Crippen LogP contribution in [-0.2, 0) is 17.1 Å². The van der Waals surface area contributed by atoms with Crippen molar-refractivity contribution in [2.45, 2.75) is 18.3 Å². The largest absolute Gasteiger partial charge is 0.342 e. The van der Waals surface area contributed by atoms with Crippen molar-refractivity contribution in [3.05, 3.63) is 96.1 Å². The van der Waals surface area contributed by atoms with Gasteiger partial charge < -0.3 is 9.88 Å². The molecule has 0 saturated carbocycles. The number of hydrogen-bond acceptors (Lipinski definition) is 4. The average Bonchev–Trinajstić information content (AvgIpc) is 3.10. The normalized spacial score (nSPS) is 12.0. The zero-order valence-electron chi connectivity index (χ0n) is 16.2. The van der Waals surface area contributed by atoms with Gasteiger partial charge in [0.25, 0.3) is 0 Å². The molecule has 0 fully saturated rings. The number of aromatic nitrogens is 3. The third-order valence-corrected chi connectivity index (χ3v) is 5.28. The summed E-state index contributed by atoms with van der Waals surface area (Å²) in [5.74, 6) is 1.59. The molecule has 4 rings (SSSR count). The maximum atomic E-state index is 13.1. The molecule has 2 heterocycles. The number of rotatable bonds is 7. The van der Waals surface area contributed by atoms with Crippen LogP contribution in [0, 0.1) is 0 Å². The van der Waals surface area contributed by atoms with Crippen molar-refractivity contribution in [2.75, 3.05) is 6.26 Å². The van der Waals surface area contributed by atoms with E-state index in [0.717, 1.165) is 33.9 Å². The number of thioether (sulfide) groups is 1. The SMILES string of the molecule is CSCc1nc2ccccc2n1CC(=O)NC(c1ccccc1)c1ccccn1. The molecule has 6 heteroatoms. The highest BCUT2D eigenvalue weighted by Gasteiger charge is 2.20. The molecule has 0 spiro atoms. The number of pyridine rings is 1. The highest BCUT2D eigenvalue weighted by molar-refractivity contribution is 7.97. The summed E-state index contributed by atoms with van der Waals surface area (Å²) in [6, 6.07) is 23.3. The molecule has 0 saturated heterocycles. The quantitative estimate of drug-likeness (QED) is 0.503. The number of nitrogens with one attached hydrogen (secondary N) is 1. The van der Waals surface area contributed by atoms with Crippen molar-refractivity contribution in [1.29, 1.82) is 0 Å². The van der Waals surface area contributed by atoms with Gasteiger partial charge in [-0.1, -0.05) is 48.5 Å². The van der Waals surface area contributed by atoms with Gasteiger partial charge >= 0.3 is 0 Å². The van der Waals surface area contributed by atoms with Crippen molar-refractivity contribution < 1.29 is 4.79 Å². The Balaban J connectivity index is 1.62. The molecule has 1 amide bonds. The number of nitrogens with zero attached hydrogens (tertiary/aromatic N) is 3. The summed E-state index contributed by atoms with van der Waals surface area (Å²) in [5.41, 5.74) is 3.70. The van der Waals surface area contributed by atoms with Crippen LogP contribution in [0.4, 0.5) is 0 Å². The Morgan fingerprint density at radius 2 is 1.79 bits per heavy atom. The molecule has 2 aromatic carbocycles. The highest BCUT2D eigenvalue weighted by Crippen LogP contribution is 2.22. The number of carbonyl (C=O) groups excluding carboxylic acids is 1. The van der Waals surface area contributed by atoms with Gasteiger partial charge in [-0.05, 0) is 36.1 Å². The van der Waals surface area contributed by atoms with E-state index in [-0.39, 0.29) is 18.5 Å². The lowest BCUT2D eigenvalue weighted by Crippen LogP contribution is -2.33. The van der Waals surface area contributed by atoms with Gasteiger partial charge in [-0.15, -0.1) is 0 Å². The number of benzene rings is 2. The van der Waals surface area contributed by atoms with E-state index in [0.29, 0.717) is 0 Å². The van der Waals surface area contributed by atoms with E-state index in [4.69, 9.17) is 4.98 Å².